The average molecular weight is 498 g/mol. The highest BCUT2D eigenvalue weighted by Gasteiger charge is 2.27. The lowest BCUT2D eigenvalue weighted by Crippen LogP contribution is -2.52. The molecule has 2 aromatic heterocycles. The van der Waals surface area contributed by atoms with Crippen LogP contribution >= 0.6 is 0 Å². The molecule has 35 heavy (non-hydrogen) atoms. The number of likely N-dealkylation sites (N-methyl/N-ethyl adjacent to an activating group) is 1. The van der Waals surface area contributed by atoms with Crippen LogP contribution in [-0.2, 0) is 21.5 Å². The summed E-state index contributed by atoms with van der Waals surface area (Å²) in [5, 5.41) is 4.28. The Labute approximate surface area is 206 Å². The second kappa shape index (κ2) is 10.2. The van der Waals surface area contributed by atoms with Crippen LogP contribution < -0.4 is 10.0 Å². The van der Waals surface area contributed by atoms with Gasteiger partial charge in [-0.25, -0.2) is 4.98 Å². The van der Waals surface area contributed by atoms with E-state index in [2.05, 4.69) is 15.0 Å². The van der Waals surface area contributed by atoms with E-state index in [0.717, 1.165) is 27.9 Å². The first kappa shape index (κ1) is 24.9. The molecule has 0 radical (unpaired) electrons. The molecule has 3 aromatic rings. The first-order chi connectivity index (χ1) is 16.6. The number of benzene rings is 1. The van der Waals surface area contributed by atoms with Gasteiger partial charge in [-0.3, -0.25) is 9.52 Å². The van der Waals surface area contributed by atoms with Crippen molar-refractivity contribution in [1.82, 2.24) is 19.5 Å². The van der Waals surface area contributed by atoms with E-state index in [1.807, 2.05) is 39.0 Å². The molecule has 9 nitrogen and oxygen atoms in total. The summed E-state index contributed by atoms with van der Waals surface area (Å²) in [6.45, 7) is 7.71. The van der Waals surface area contributed by atoms with Crippen molar-refractivity contribution in [2.45, 2.75) is 33.4 Å². The van der Waals surface area contributed by atoms with Crippen LogP contribution in [0.4, 0.5) is 5.82 Å². The second-order valence-corrected chi connectivity index (χ2v) is 10.6. The minimum Gasteiger partial charge on any atom is -0.459 e. The Morgan fingerprint density at radius 1 is 1.31 bits per heavy atom. The van der Waals surface area contributed by atoms with Gasteiger partial charge in [0.1, 0.15) is 17.2 Å². The van der Waals surface area contributed by atoms with Crippen LogP contribution in [0.2, 0.25) is 0 Å². The predicted molar refractivity (Wildman–Crippen MR) is 137 cm³/mol. The third-order valence-electron chi connectivity index (χ3n) is 6.13. The van der Waals surface area contributed by atoms with E-state index >= 15 is 0 Å². The van der Waals surface area contributed by atoms with E-state index in [-0.39, 0.29) is 17.8 Å². The van der Waals surface area contributed by atoms with Gasteiger partial charge < -0.3 is 14.6 Å². The highest BCUT2D eigenvalue weighted by atomic mass is 32.2. The number of pyridine rings is 1. The molecule has 1 fully saturated rings. The Hall–Kier alpha value is -3.21. The van der Waals surface area contributed by atoms with Gasteiger partial charge in [0.25, 0.3) is 0 Å². The maximum atomic E-state index is 12.6. The zero-order valence-corrected chi connectivity index (χ0v) is 21.2. The molecule has 0 spiro atoms. The van der Waals surface area contributed by atoms with E-state index in [1.165, 1.54) is 16.6 Å². The summed E-state index contributed by atoms with van der Waals surface area (Å²) >= 11 is 0. The summed E-state index contributed by atoms with van der Waals surface area (Å²) in [6, 6.07) is 9.41. The molecule has 1 saturated heterocycles. The summed E-state index contributed by atoms with van der Waals surface area (Å²) in [4.78, 5) is 18.4. The fourth-order valence-corrected chi connectivity index (χ4v) is 5.31. The molecular weight excluding hydrogens is 466 g/mol. The fraction of sp³-hybridized carbons (Fsp3) is 0.360. The van der Waals surface area contributed by atoms with Crippen molar-refractivity contribution in [3.8, 4) is 0 Å². The van der Waals surface area contributed by atoms with E-state index in [9.17, 15) is 13.2 Å². The number of carbonyl (C=O) groups is 1. The molecule has 10 heteroatoms. The van der Waals surface area contributed by atoms with E-state index in [0.29, 0.717) is 31.7 Å². The van der Waals surface area contributed by atoms with Gasteiger partial charge in [0.15, 0.2) is 0 Å². The van der Waals surface area contributed by atoms with Crippen molar-refractivity contribution >= 4 is 39.0 Å². The number of anilines is 1. The maximum Gasteiger partial charge on any atom is 0.302 e. The lowest BCUT2D eigenvalue weighted by Gasteiger charge is -2.30. The van der Waals surface area contributed by atoms with Gasteiger partial charge in [0.05, 0.1) is 6.54 Å². The molecule has 4 rings (SSSR count). The summed E-state index contributed by atoms with van der Waals surface area (Å²) in [5.41, 5.74) is 3.63. The molecule has 1 aliphatic rings. The molecule has 0 saturated carbocycles. The van der Waals surface area contributed by atoms with Gasteiger partial charge in [-0.2, -0.15) is 12.7 Å². The zero-order valence-electron chi connectivity index (χ0n) is 20.4. The lowest BCUT2D eigenvalue weighted by molar-refractivity contribution is -0.125. The summed E-state index contributed by atoms with van der Waals surface area (Å²) in [5.74, 6) is 0.808. The van der Waals surface area contributed by atoms with Gasteiger partial charge in [0, 0.05) is 55.9 Å². The SMILES string of the molecule is Cc1c(CN(C)C(=O)/C=C/c2ccc(NS(=O)(=O)N3CCNC(C)C3)nc2)oc2c(C)cccc12. The molecule has 1 amide bonds. The molecule has 1 aliphatic heterocycles. The van der Waals surface area contributed by atoms with Gasteiger partial charge in [-0.05, 0) is 50.1 Å². The van der Waals surface area contributed by atoms with Crippen molar-refractivity contribution in [2.24, 2.45) is 0 Å². The molecule has 0 aliphatic carbocycles. The van der Waals surface area contributed by atoms with E-state index in [1.54, 1.807) is 30.2 Å². The number of hydrogen-bond acceptors (Lipinski definition) is 6. The van der Waals surface area contributed by atoms with Crippen molar-refractivity contribution in [1.29, 1.82) is 0 Å². The number of rotatable bonds is 7. The Balaban J connectivity index is 1.37. The van der Waals surface area contributed by atoms with Crippen LogP contribution in [0, 0.1) is 13.8 Å². The number of amides is 1. The molecule has 1 unspecified atom stereocenters. The molecule has 0 bridgehead atoms. The number of nitrogens with zero attached hydrogens (tertiary/aromatic N) is 3. The zero-order chi connectivity index (χ0) is 25.2. The maximum absolute atomic E-state index is 12.6. The Morgan fingerprint density at radius 2 is 2.11 bits per heavy atom. The number of carbonyl (C=O) groups excluding carboxylic acids is 1. The number of fused-ring (bicyclic) bond motifs is 1. The standard InChI is InChI=1S/C25H31N5O4S/c1-17-6-5-7-21-19(3)22(34-25(17)21)16-29(4)24(31)11-9-20-8-10-23(27-14-20)28-35(32,33)30-13-12-26-18(2)15-30/h5-11,14,18,26H,12-13,15-16H2,1-4H3,(H,27,28)/b11-9+. The topological polar surface area (TPSA) is 108 Å². The molecule has 3 heterocycles. The Morgan fingerprint density at radius 3 is 2.80 bits per heavy atom. The quantitative estimate of drug-likeness (QED) is 0.486. The van der Waals surface area contributed by atoms with Crippen LogP contribution in [0.15, 0.2) is 47.0 Å². The molecule has 1 atom stereocenters. The molecule has 186 valence electrons. The third kappa shape index (κ3) is 5.72. The fourth-order valence-electron chi connectivity index (χ4n) is 4.05. The minimum absolute atomic E-state index is 0.0938. The predicted octanol–water partition coefficient (Wildman–Crippen LogP) is 3.07. The van der Waals surface area contributed by atoms with Crippen molar-refractivity contribution in [3.63, 3.8) is 0 Å². The van der Waals surface area contributed by atoms with Gasteiger partial charge in [-0.1, -0.05) is 18.2 Å². The Bertz CT molecular complexity index is 1350. The molecule has 2 N–H and O–H groups in total. The highest BCUT2D eigenvalue weighted by molar-refractivity contribution is 7.90. The smallest absolute Gasteiger partial charge is 0.302 e. The molecule has 1 aromatic carbocycles. The first-order valence-corrected chi connectivity index (χ1v) is 13.0. The van der Waals surface area contributed by atoms with Crippen molar-refractivity contribution in [2.75, 3.05) is 31.4 Å². The van der Waals surface area contributed by atoms with Crippen LogP contribution in [0.25, 0.3) is 17.0 Å². The number of aryl methyl sites for hydroxylation is 2. The molecular formula is C25H31N5O4S. The second-order valence-electron chi connectivity index (χ2n) is 8.93. The van der Waals surface area contributed by atoms with E-state index < -0.39 is 10.2 Å². The van der Waals surface area contributed by atoms with Crippen molar-refractivity contribution < 1.29 is 17.6 Å². The van der Waals surface area contributed by atoms with Gasteiger partial charge in [0.2, 0.25) is 5.91 Å². The van der Waals surface area contributed by atoms with Crippen LogP contribution in [0.5, 0.6) is 0 Å². The lowest BCUT2D eigenvalue weighted by atomic mass is 10.1. The number of furan rings is 1. The largest absolute Gasteiger partial charge is 0.459 e. The van der Waals surface area contributed by atoms with Crippen LogP contribution in [0.3, 0.4) is 0 Å². The van der Waals surface area contributed by atoms with E-state index in [4.69, 9.17) is 4.42 Å². The number of nitrogens with one attached hydrogen (secondary N) is 2. The van der Waals surface area contributed by atoms with Crippen LogP contribution in [0.1, 0.15) is 29.4 Å². The number of hydrogen-bond donors (Lipinski definition) is 2. The van der Waals surface area contributed by atoms with Crippen molar-refractivity contribution in [3.05, 3.63) is 65.1 Å². The third-order valence-corrected chi connectivity index (χ3v) is 7.60. The summed E-state index contributed by atoms with van der Waals surface area (Å²) in [7, 11) is -1.95. The highest BCUT2D eigenvalue weighted by Crippen LogP contribution is 2.28. The number of aromatic nitrogens is 1. The average Bonchev–Trinajstić information content (AvgIpc) is 3.14. The normalized spacial score (nSPS) is 17.2. The first-order valence-electron chi connectivity index (χ1n) is 11.5. The summed E-state index contributed by atoms with van der Waals surface area (Å²) < 4.78 is 35.1. The van der Waals surface area contributed by atoms with Gasteiger partial charge in [-0.15, -0.1) is 0 Å². The number of piperazine rings is 1. The number of para-hydroxylation sites is 1. The summed E-state index contributed by atoms with van der Waals surface area (Å²) in [6.07, 6.45) is 4.64. The monoisotopic (exact) mass is 497 g/mol. The van der Waals surface area contributed by atoms with Gasteiger partial charge >= 0.3 is 10.2 Å². The minimum atomic E-state index is -3.67. The Kier molecular flexibility index (Phi) is 7.25. The van der Waals surface area contributed by atoms with Crippen LogP contribution in [-0.4, -0.2) is 61.2 Å².